The number of anilines is 1. The molecule has 1 fully saturated rings. The molecule has 6 nitrogen and oxygen atoms in total. The molecule has 0 spiro atoms. The number of carbonyl (C=O) groups excluding carboxylic acids is 1. The minimum atomic E-state index is -0.431. The van der Waals surface area contributed by atoms with Gasteiger partial charge in [0.2, 0.25) is 0 Å². The average Bonchev–Trinajstić information content (AvgIpc) is 2.94. The van der Waals surface area contributed by atoms with Gasteiger partial charge in [-0.1, -0.05) is 48.0 Å². The fourth-order valence-corrected chi connectivity index (χ4v) is 4.70. The van der Waals surface area contributed by atoms with E-state index in [0.717, 1.165) is 43.4 Å². The Morgan fingerprint density at radius 1 is 0.919 bits per heavy atom. The molecule has 0 atom stereocenters. The van der Waals surface area contributed by atoms with Crippen molar-refractivity contribution >= 4 is 23.3 Å². The van der Waals surface area contributed by atoms with Crippen LogP contribution in [-0.2, 0) is 11.3 Å². The van der Waals surface area contributed by atoms with Crippen LogP contribution in [0.1, 0.15) is 15.9 Å². The number of hydrogen-bond donors (Lipinski definition) is 0. The average molecular weight is 514 g/mol. The van der Waals surface area contributed by atoms with Crippen LogP contribution in [0.4, 0.5) is 5.69 Å². The number of pyridine rings is 1. The summed E-state index contributed by atoms with van der Waals surface area (Å²) in [5.41, 5.74) is 5.11. The SMILES string of the molecule is COC(=O)c1ccc(N2CCN(Cc3ccccc3-c3ccc(Cl)cc3)CC2)cc1Oc1ccncc1. The van der Waals surface area contributed by atoms with E-state index in [1.54, 1.807) is 30.6 Å². The molecule has 3 aromatic carbocycles. The van der Waals surface area contributed by atoms with Crippen LogP contribution in [0, 0.1) is 0 Å². The van der Waals surface area contributed by atoms with Gasteiger partial charge in [0.25, 0.3) is 0 Å². The summed E-state index contributed by atoms with van der Waals surface area (Å²) in [6.45, 7) is 4.47. The van der Waals surface area contributed by atoms with Gasteiger partial charge in [-0.3, -0.25) is 9.88 Å². The lowest BCUT2D eigenvalue weighted by Crippen LogP contribution is -2.46. The summed E-state index contributed by atoms with van der Waals surface area (Å²) in [5.74, 6) is 0.649. The lowest BCUT2D eigenvalue weighted by Gasteiger charge is -2.36. The third-order valence-corrected chi connectivity index (χ3v) is 6.80. The standard InChI is InChI=1S/C30H28ClN3O3/c1-36-30(35)28-11-10-25(20-29(28)37-26-12-14-32-15-13-26)34-18-16-33(17-19-34)21-23-4-2-3-5-27(23)22-6-8-24(31)9-7-22/h2-15,20H,16-19,21H2,1H3. The molecule has 4 aromatic rings. The van der Waals surface area contributed by atoms with E-state index in [1.165, 1.54) is 23.8 Å². The van der Waals surface area contributed by atoms with Gasteiger partial charge < -0.3 is 14.4 Å². The number of methoxy groups -OCH3 is 1. The van der Waals surface area contributed by atoms with Crippen LogP contribution in [0.3, 0.4) is 0 Å². The van der Waals surface area contributed by atoms with Gasteiger partial charge in [-0.15, -0.1) is 0 Å². The molecule has 37 heavy (non-hydrogen) atoms. The number of piperazine rings is 1. The highest BCUT2D eigenvalue weighted by molar-refractivity contribution is 6.30. The van der Waals surface area contributed by atoms with Crippen LogP contribution < -0.4 is 9.64 Å². The lowest BCUT2D eigenvalue weighted by molar-refractivity contribution is 0.0598. The summed E-state index contributed by atoms with van der Waals surface area (Å²) < 4.78 is 11.0. The van der Waals surface area contributed by atoms with Crippen LogP contribution >= 0.6 is 11.6 Å². The highest BCUT2D eigenvalue weighted by Crippen LogP contribution is 2.32. The summed E-state index contributed by atoms with van der Waals surface area (Å²) in [7, 11) is 1.37. The summed E-state index contributed by atoms with van der Waals surface area (Å²) >= 11 is 6.09. The van der Waals surface area contributed by atoms with E-state index in [9.17, 15) is 4.79 Å². The molecule has 0 amide bonds. The number of benzene rings is 3. The normalized spacial score (nSPS) is 13.8. The van der Waals surface area contributed by atoms with E-state index < -0.39 is 5.97 Å². The Bertz CT molecular complexity index is 1350. The second kappa shape index (κ2) is 11.5. The van der Waals surface area contributed by atoms with E-state index >= 15 is 0 Å². The van der Waals surface area contributed by atoms with E-state index in [1.807, 2.05) is 24.3 Å². The Morgan fingerprint density at radius 2 is 1.65 bits per heavy atom. The van der Waals surface area contributed by atoms with Crippen molar-refractivity contribution in [1.82, 2.24) is 9.88 Å². The fourth-order valence-electron chi connectivity index (χ4n) is 4.58. The maximum absolute atomic E-state index is 12.3. The van der Waals surface area contributed by atoms with E-state index in [2.05, 4.69) is 51.2 Å². The molecule has 1 aliphatic rings. The third-order valence-electron chi connectivity index (χ3n) is 6.55. The van der Waals surface area contributed by atoms with Gasteiger partial charge in [-0.05, 0) is 53.1 Å². The molecule has 0 aliphatic carbocycles. The predicted molar refractivity (Wildman–Crippen MR) is 146 cm³/mol. The molecule has 0 bridgehead atoms. The monoisotopic (exact) mass is 513 g/mol. The van der Waals surface area contributed by atoms with Crippen molar-refractivity contribution in [1.29, 1.82) is 0 Å². The second-order valence-electron chi connectivity index (χ2n) is 8.88. The number of esters is 1. The molecule has 1 aliphatic heterocycles. The maximum atomic E-state index is 12.3. The second-order valence-corrected chi connectivity index (χ2v) is 9.32. The molecular formula is C30H28ClN3O3. The zero-order valence-electron chi connectivity index (χ0n) is 20.6. The van der Waals surface area contributed by atoms with Crippen LogP contribution in [0.5, 0.6) is 11.5 Å². The highest BCUT2D eigenvalue weighted by Gasteiger charge is 2.21. The molecule has 1 aromatic heterocycles. The number of rotatable bonds is 7. The van der Waals surface area contributed by atoms with Crippen molar-refractivity contribution in [3.05, 3.63) is 107 Å². The minimum absolute atomic E-state index is 0.389. The first-order valence-corrected chi connectivity index (χ1v) is 12.6. The van der Waals surface area contributed by atoms with E-state index in [0.29, 0.717) is 17.1 Å². The summed E-state index contributed by atoms with van der Waals surface area (Å²) in [5, 5.41) is 0.742. The van der Waals surface area contributed by atoms with Gasteiger partial charge >= 0.3 is 5.97 Å². The molecule has 188 valence electrons. The molecule has 0 saturated carbocycles. The Kier molecular flexibility index (Phi) is 7.68. The van der Waals surface area contributed by atoms with Crippen molar-refractivity contribution < 1.29 is 14.3 Å². The maximum Gasteiger partial charge on any atom is 0.341 e. The van der Waals surface area contributed by atoms with Gasteiger partial charge in [-0.2, -0.15) is 0 Å². The quantitative estimate of drug-likeness (QED) is 0.270. The molecular weight excluding hydrogens is 486 g/mol. The van der Waals surface area contributed by atoms with Gasteiger partial charge in [-0.25, -0.2) is 4.79 Å². The summed E-state index contributed by atoms with van der Waals surface area (Å²) in [4.78, 5) is 21.2. The number of ether oxygens (including phenoxy) is 2. The van der Waals surface area contributed by atoms with Crippen molar-refractivity contribution in [3.8, 4) is 22.6 Å². The van der Waals surface area contributed by atoms with Crippen molar-refractivity contribution in [2.45, 2.75) is 6.54 Å². The summed E-state index contributed by atoms with van der Waals surface area (Å²) in [6, 6.07) is 25.7. The first-order valence-electron chi connectivity index (χ1n) is 12.2. The Hall–Kier alpha value is -3.87. The number of halogens is 1. The third kappa shape index (κ3) is 5.93. The van der Waals surface area contributed by atoms with Gasteiger partial charge in [0.05, 0.1) is 7.11 Å². The van der Waals surface area contributed by atoms with E-state index in [4.69, 9.17) is 21.1 Å². The Labute approximate surface area is 222 Å². The first kappa shape index (κ1) is 24.8. The largest absolute Gasteiger partial charge is 0.465 e. The Morgan fingerprint density at radius 3 is 2.38 bits per heavy atom. The lowest BCUT2D eigenvalue weighted by atomic mass is 9.99. The number of hydrogen-bond acceptors (Lipinski definition) is 6. The zero-order valence-corrected chi connectivity index (χ0v) is 21.4. The van der Waals surface area contributed by atoms with Gasteiger partial charge in [0.15, 0.2) is 0 Å². The van der Waals surface area contributed by atoms with Crippen molar-refractivity contribution in [3.63, 3.8) is 0 Å². The van der Waals surface area contributed by atoms with Gasteiger partial charge in [0.1, 0.15) is 17.1 Å². The van der Waals surface area contributed by atoms with E-state index in [-0.39, 0.29) is 0 Å². The fraction of sp³-hybridized carbons (Fsp3) is 0.200. The molecule has 7 heteroatoms. The molecule has 2 heterocycles. The first-order chi connectivity index (χ1) is 18.1. The van der Waals surface area contributed by atoms with Crippen molar-refractivity contribution in [2.75, 3.05) is 38.2 Å². The number of aromatic nitrogens is 1. The van der Waals surface area contributed by atoms with Crippen LogP contribution in [0.25, 0.3) is 11.1 Å². The number of nitrogens with zero attached hydrogens (tertiary/aromatic N) is 3. The molecule has 0 unspecified atom stereocenters. The topological polar surface area (TPSA) is 54.9 Å². The molecule has 1 saturated heterocycles. The highest BCUT2D eigenvalue weighted by atomic mass is 35.5. The minimum Gasteiger partial charge on any atom is -0.465 e. The zero-order chi connectivity index (χ0) is 25.6. The molecule has 0 N–H and O–H groups in total. The predicted octanol–water partition coefficient (Wildman–Crippen LogP) is 6.30. The Balaban J connectivity index is 1.29. The van der Waals surface area contributed by atoms with Crippen LogP contribution in [0.2, 0.25) is 5.02 Å². The molecule has 5 rings (SSSR count). The number of carbonyl (C=O) groups is 1. The van der Waals surface area contributed by atoms with Crippen molar-refractivity contribution in [2.24, 2.45) is 0 Å². The smallest absolute Gasteiger partial charge is 0.341 e. The molecule has 0 radical (unpaired) electrons. The van der Waals surface area contributed by atoms with Crippen LogP contribution in [-0.4, -0.2) is 49.1 Å². The van der Waals surface area contributed by atoms with Gasteiger partial charge in [0, 0.05) is 61.9 Å². The van der Waals surface area contributed by atoms with Crippen LogP contribution in [0.15, 0.2) is 91.3 Å². The summed E-state index contributed by atoms with van der Waals surface area (Å²) in [6.07, 6.45) is 3.31.